The summed E-state index contributed by atoms with van der Waals surface area (Å²) in [7, 11) is -1.85. The van der Waals surface area contributed by atoms with E-state index in [-0.39, 0.29) is 52.3 Å². The van der Waals surface area contributed by atoms with Crippen LogP contribution < -0.4 is 25.6 Å². The van der Waals surface area contributed by atoms with Gasteiger partial charge in [0.15, 0.2) is 0 Å². The van der Waals surface area contributed by atoms with Crippen LogP contribution in [0.15, 0.2) is 47.5 Å². The Hall–Kier alpha value is -4.22. The number of nitrogens with two attached hydrogens (primary N) is 1. The quantitative estimate of drug-likeness (QED) is 0.169. The third-order valence-electron chi connectivity index (χ3n) is 11.0. The van der Waals surface area contributed by atoms with Crippen molar-refractivity contribution in [2.24, 2.45) is 17.0 Å². The first-order valence-corrected chi connectivity index (χ1v) is 20.5. The second-order valence-corrected chi connectivity index (χ2v) is 16.3. The maximum Gasteiger partial charge on any atom is 0.421 e. The number of hydrogen-bond donors (Lipinski definition) is 3. The molecule has 2 amide bonds. The number of carbonyl (C=O) groups excluding carboxylic acids is 2. The minimum atomic E-state index is -4.60. The van der Waals surface area contributed by atoms with Crippen molar-refractivity contribution in [3.05, 3.63) is 65.4 Å². The van der Waals surface area contributed by atoms with Gasteiger partial charge in [-0.3, -0.25) is 14.9 Å². The van der Waals surface area contributed by atoms with Crippen molar-refractivity contribution in [2.45, 2.75) is 81.7 Å². The monoisotopic (exact) mass is 804 g/mol. The first-order valence-electron chi connectivity index (χ1n) is 19.3. The Labute approximate surface area is 326 Å². The van der Waals surface area contributed by atoms with Crippen LogP contribution in [0.1, 0.15) is 81.8 Å². The molecule has 4 N–H and O–H groups in total. The maximum absolute atomic E-state index is 14.7. The Morgan fingerprint density at radius 3 is 2.30 bits per heavy atom. The highest BCUT2D eigenvalue weighted by atomic mass is 32.2. The van der Waals surface area contributed by atoms with E-state index >= 15 is 0 Å². The number of nitrogens with one attached hydrogen (secondary N) is 2. The molecule has 0 aliphatic carbocycles. The highest BCUT2D eigenvalue weighted by Gasteiger charge is 2.38. The van der Waals surface area contributed by atoms with Gasteiger partial charge in [0.2, 0.25) is 17.8 Å². The lowest BCUT2D eigenvalue weighted by Gasteiger charge is -2.37. The van der Waals surface area contributed by atoms with Crippen LogP contribution in [0, 0.1) is 23.5 Å². The third-order valence-corrected chi connectivity index (χ3v) is 11.7. The molecule has 0 saturated carbocycles. The largest absolute Gasteiger partial charge is 0.421 e. The number of aromatic nitrogens is 2. The number of piperidine rings is 4. The zero-order valence-corrected chi connectivity index (χ0v) is 32.2. The number of alkyl halides is 3. The lowest BCUT2D eigenvalue weighted by Crippen LogP contribution is -2.40. The van der Waals surface area contributed by atoms with Crippen molar-refractivity contribution in [1.82, 2.24) is 20.2 Å². The normalized spacial score (nSPS) is 21.9. The molecule has 3 unspecified atom stereocenters. The van der Waals surface area contributed by atoms with Crippen molar-refractivity contribution in [2.75, 3.05) is 60.9 Å². The summed E-state index contributed by atoms with van der Waals surface area (Å²) in [6.07, 6.45) is 4.76. The predicted octanol–water partition coefficient (Wildman–Crippen LogP) is 6.64. The summed E-state index contributed by atoms with van der Waals surface area (Å²) in [4.78, 5) is 37.6. The lowest BCUT2D eigenvalue weighted by atomic mass is 9.89. The fraction of sp³-hybridized carbons (Fsp3) is 0.538. The summed E-state index contributed by atoms with van der Waals surface area (Å²) in [6, 6.07) is 8.81. The number of halogens is 5. The van der Waals surface area contributed by atoms with Crippen LogP contribution in [-0.4, -0.2) is 76.7 Å². The van der Waals surface area contributed by atoms with Gasteiger partial charge in [-0.1, -0.05) is 19.4 Å². The molecule has 304 valence electrons. The van der Waals surface area contributed by atoms with Gasteiger partial charge in [-0.2, -0.15) is 18.2 Å². The molecule has 1 aromatic heterocycles. The summed E-state index contributed by atoms with van der Waals surface area (Å²) in [5.41, 5.74) is 0.298. The number of carbonyl (C=O) groups is 2. The van der Waals surface area contributed by atoms with Crippen LogP contribution in [-0.2, 0) is 26.8 Å². The Morgan fingerprint density at radius 1 is 0.911 bits per heavy atom. The topological polar surface area (TPSA) is 137 Å². The number of rotatable bonds is 8. The standard InChI is InChI=1S/C22H30FN3O2.C17H19F4N5OS/c23-20-14-17(4-5-18(20)19-6-7-21(27)24-22(19)28)26-12-8-16(9-13-26)15-25-10-2-1-3-11-25;1-10-3-2-6-26(9-10)15-12(17(19,20)21)8-23-16(25-15)24-14-5-4-11(28(22)27)7-13(14)18/h4-5,14,16,19H,1-3,6-13,15H2,(H,24,27,28);4-5,7-8,10H,2-3,6,9,22H2,1H3,(H,23,24,25). The second-order valence-electron chi connectivity index (χ2n) is 15.2. The van der Waals surface area contributed by atoms with Gasteiger partial charge in [0.25, 0.3) is 0 Å². The molecular formula is C39H49F5N8O3S. The molecule has 2 aromatic carbocycles. The van der Waals surface area contributed by atoms with Gasteiger partial charge < -0.3 is 20.0 Å². The van der Waals surface area contributed by atoms with Crippen molar-refractivity contribution >= 4 is 45.9 Å². The van der Waals surface area contributed by atoms with Gasteiger partial charge >= 0.3 is 6.18 Å². The van der Waals surface area contributed by atoms with E-state index in [0.29, 0.717) is 31.3 Å². The average Bonchev–Trinajstić information content (AvgIpc) is 3.16. The molecule has 56 heavy (non-hydrogen) atoms. The SMILES string of the molecule is CC1CCCN(c2nc(Nc3ccc(S(N)=O)cc3F)ncc2C(F)(F)F)C1.O=C1CCC(c2ccc(N3CCC(CN4CCCCC4)CC3)cc2F)C(=O)N1. The molecule has 3 aromatic rings. The maximum atomic E-state index is 14.7. The number of nitrogens with zero attached hydrogens (tertiary/aromatic N) is 5. The zero-order valence-electron chi connectivity index (χ0n) is 31.4. The Morgan fingerprint density at radius 2 is 1.66 bits per heavy atom. The molecule has 4 aliphatic heterocycles. The highest BCUT2D eigenvalue weighted by molar-refractivity contribution is 7.82. The van der Waals surface area contributed by atoms with E-state index in [1.165, 1.54) is 51.0 Å². The smallest absolute Gasteiger partial charge is 0.371 e. The molecule has 4 fully saturated rings. The molecule has 7 rings (SSSR count). The third kappa shape index (κ3) is 10.6. The van der Waals surface area contributed by atoms with Gasteiger partial charge in [-0.05, 0) is 100 Å². The first kappa shape index (κ1) is 41.4. The van der Waals surface area contributed by atoms with Crippen LogP contribution in [0.5, 0.6) is 0 Å². The van der Waals surface area contributed by atoms with Gasteiger partial charge in [0.05, 0.1) is 16.5 Å². The number of imide groups is 1. The summed E-state index contributed by atoms with van der Waals surface area (Å²) >= 11 is 0. The fourth-order valence-corrected chi connectivity index (χ4v) is 8.39. The van der Waals surface area contributed by atoms with Gasteiger partial charge in [0.1, 0.15) is 34.0 Å². The van der Waals surface area contributed by atoms with Crippen molar-refractivity contribution in [3.8, 4) is 0 Å². The van der Waals surface area contributed by atoms with Crippen molar-refractivity contribution < 1.29 is 35.8 Å². The molecule has 0 radical (unpaired) electrons. The number of likely N-dealkylation sites (tertiary alicyclic amines) is 1. The molecular weight excluding hydrogens is 756 g/mol. The molecule has 0 spiro atoms. The minimum Gasteiger partial charge on any atom is -0.371 e. The Bertz CT molecular complexity index is 1890. The van der Waals surface area contributed by atoms with Crippen LogP contribution in [0.25, 0.3) is 0 Å². The van der Waals surface area contributed by atoms with Gasteiger partial charge in [-0.15, -0.1) is 0 Å². The Balaban J connectivity index is 0.000000190. The first-order chi connectivity index (χ1) is 26.7. The summed E-state index contributed by atoms with van der Waals surface area (Å²) in [6.45, 7) is 8.47. The summed E-state index contributed by atoms with van der Waals surface area (Å²) < 4.78 is 80.4. The molecule has 5 heterocycles. The van der Waals surface area contributed by atoms with Crippen LogP contribution in [0.4, 0.5) is 45.1 Å². The molecule has 0 bridgehead atoms. The van der Waals surface area contributed by atoms with E-state index in [1.54, 1.807) is 17.0 Å². The van der Waals surface area contributed by atoms with Crippen molar-refractivity contribution in [1.29, 1.82) is 0 Å². The fourth-order valence-electron chi connectivity index (χ4n) is 7.97. The van der Waals surface area contributed by atoms with E-state index in [0.717, 1.165) is 56.4 Å². The molecule has 17 heteroatoms. The lowest BCUT2D eigenvalue weighted by molar-refractivity contribution is -0.138. The molecule has 4 saturated heterocycles. The summed E-state index contributed by atoms with van der Waals surface area (Å²) in [5.74, 6) is -1.76. The number of hydrogen-bond acceptors (Lipinski definition) is 9. The minimum absolute atomic E-state index is 0.0630. The van der Waals surface area contributed by atoms with Crippen LogP contribution in [0.2, 0.25) is 0 Å². The van der Waals surface area contributed by atoms with E-state index < -0.39 is 34.5 Å². The van der Waals surface area contributed by atoms with E-state index in [1.807, 2.05) is 13.0 Å². The second kappa shape index (κ2) is 18.4. The number of benzene rings is 2. The molecule has 11 nitrogen and oxygen atoms in total. The van der Waals surface area contributed by atoms with Gasteiger partial charge in [0, 0.05) is 56.6 Å². The number of amides is 2. The molecule has 4 aliphatic rings. The zero-order chi connectivity index (χ0) is 40.0. The Kier molecular flexibility index (Phi) is 13.6. The number of anilines is 4. The molecule has 3 atom stereocenters. The van der Waals surface area contributed by atoms with E-state index in [9.17, 15) is 35.8 Å². The summed E-state index contributed by atoms with van der Waals surface area (Å²) in [5, 5.41) is 10.1. The van der Waals surface area contributed by atoms with Crippen molar-refractivity contribution in [3.63, 3.8) is 0 Å². The average molecular weight is 805 g/mol. The van der Waals surface area contributed by atoms with Gasteiger partial charge in [-0.25, -0.2) is 23.1 Å². The van der Waals surface area contributed by atoms with Crippen LogP contribution >= 0.6 is 0 Å². The van der Waals surface area contributed by atoms with E-state index in [2.05, 4.69) is 30.4 Å². The van der Waals surface area contributed by atoms with E-state index in [4.69, 9.17) is 5.14 Å². The predicted molar refractivity (Wildman–Crippen MR) is 205 cm³/mol. The van der Waals surface area contributed by atoms with Crippen LogP contribution in [0.3, 0.4) is 0 Å². The highest BCUT2D eigenvalue weighted by Crippen LogP contribution is 2.37.